The molecule has 3 aromatic rings. The minimum absolute atomic E-state index is 0.0131. The van der Waals surface area contributed by atoms with Gasteiger partial charge in [0.25, 0.3) is 0 Å². The fraction of sp³-hybridized carbons (Fsp3) is 0.478. The van der Waals surface area contributed by atoms with Gasteiger partial charge in [-0.15, -0.1) is 5.10 Å². The quantitative estimate of drug-likeness (QED) is 0.519. The predicted octanol–water partition coefficient (Wildman–Crippen LogP) is 3.80. The van der Waals surface area contributed by atoms with Crippen molar-refractivity contribution in [2.75, 3.05) is 31.6 Å². The number of nitrogens with zero attached hydrogens (tertiary/aromatic N) is 4. The molecule has 1 aromatic carbocycles. The largest absolute Gasteiger partial charge is 0.496 e. The third-order valence-corrected chi connectivity index (χ3v) is 6.91. The van der Waals surface area contributed by atoms with Crippen LogP contribution < -0.4 is 15.0 Å². The van der Waals surface area contributed by atoms with E-state index < -0.39 is 28.9 Å². The highest BCUT2D eigenvalue weighted by Crippen LogP contribution is 2.37. The maximum absolute atomic E-state index is 13.6. The molecule has 0 saturated carbocycles. The van der Waals surface area contributed by atoms with Crippen molar-refractivity contribution in [3.05, 3.63) is 30.2 Å². The van der Waals surface area contributed by atoms with E-state index in [2.05, 4.69) is 15.4 Å². The van der Waals surface area contributed by atoms with Gasteiger partial charge in [-0.05, 0) is 45.7 Å². The molecule has 1 aliphatic rings. The molecule has 0 atom stereocenters. The molecule has 2 aromatic heterocycles. The number of carbonyl (C=O) groups excluding carboxylic acids is 1. The van der Waals surface area contributed by atoms with Gasteiger partial charge in [-0.25, -0.2) is 18.7 Å². The number of hydrogen-bond donors (Lipinski definition) is 2. The Kier molecular flexibility index (Phi) is 6.58. The molecule has 0 aliphatic carbocycles. The smallest absolute Gasteiger partial charge is 0.407 e. The molecule has 1 aliphatic heterocycles. The standard InChI is InChI=1S/C23H28FN5O5S/c1-22(2,3)34-21(32)26-13-23(18(30)31)7-9-28(10-8-23)20-27-29-16(12-25-19(29)35-20)15-6-5-14(24)11-17(15)33-4/h5-6,11-12H,7-10,13H2,1-4H3,(H,26,32)(H,30,31). The lowest BCUT2D eigenvalue weighted by atomic mass is 9.78. The van der Waals surface area contributed by atoms with Gasteiger partial charge >= 0.3 is 12.1 Å². The first kappa shape index (κ1) is 24.7. The summed E-state index contributed by atoms with van der Waals surface area (Å²) in [6, 6.07) is 4.28. The molecule has 0 bridgehead atoms. The highest BCUT2D eigenvalue weighted by atomic mass is 32.1. The average molecular weight is 506 g/mol. The number of ether oxygens (including phenoxy) is 2. The summed E-state index contributed by atoms with van der Waals surface area (Å²) in [6.45, 7) is 6.14. The average Bonchev–Trinajstić information content (AvgIpc) is 3.38. The van der Waals surface area contributed by atoms with Crippen LogP contribution in [0, 0.1) is 11.2 Å². The minimum Gasteiger partial charge on any atom is -0.496 e. The minimum atomic E-state index is -1.09. The molecule has 0 unspecified atom stereocenters. The first-order valence-corrected chi connectivity index (χ1v) is 12.0. The molecular weight excluding hydrogens is 477 g/mol. The number of aliphatic carboxylic acids is 1. The van der Waals surface area contributed by atoms with Crippen molar-refractivity contribution >= 4 is 33.5 Å². The summed E-state index contributed by atoms with van der Waals surface area (Å²) in [4.78, 5) is 31.3. The van der Waals surface area contributed by atoms with Crippen LogP contribution in [0.4, 0.5) is 14.3 Å². The van der Waals surface area contributed by atoms with Gasteiger partial charge in [0.1, 0.15) is 17.2 Å². The Labute approximate surface area is 205 Å². The zero-order valence-electron chi connectivity index (χ0n) is 20.0. The van der Waals surface area contributed by atoms with Crippen LogP contribution in [0.1, 0.15) is 33.6 Å². The maximum Gasteiger partial charge on any atom is 0.407 e. The fourth-order valence-electron chi connectivity index (χ4n) is 4.02. The van der Waals surface area contributed by atoms with Crippen LogP contribution >= 0.6 is 11.3 Å². The zero-order chi connectivity index (χ0) is 25.4. The Morgan fingerprint density at radius 3 is 2.63 bits per heavy atom. The van der Waals surface area contributed by atoms with Crippen LogP contribution in [-0.2, 0) is 9.53 Å². The van der Waals surface area contributed by atoms with E-state index in [4.69, 9.17) is 9.47 Å². The number of methoxy groups -OCH3 is 1. The van der Waals surface area contributed by atoms with E-state index in [-0.39, 0.29) is 6.54 Å². The second kappa shape index (κ2) is 9.33. The summed E-state index contributed by atoms with van der Waals surface area (Å²) in [7, 11) is 1.48. The van der Waals surface area contributed by atoms with Gasteiger partial charge in [0.15, 0.2) is 0 Å². The van der Waals surface area contributed by atoms with Gasteiger partial charge in [-0.2, -0.15) is 0 Å². The van der Waals surface area contributed by atoms with E-state index in [1.54, 1.807) is 37.5 Å². The highest BCUT2D eigenvalue weighted by Gasteiger charge is 2.42. The van der Waals surface area contributed by atoms with Crippen molar-refractivity contribution in [2.45, 2.75) is 39.2 Å². The Bertz CT molecular complexity index is 1240. The summed E-state index contributed by atoms with van der Waals surface area (Å²) in [5, 5.41) is 17.9. The Balaban J connectivity index is 1.49. The number of hydrogen-bond acceptors (Lipinski definition) is 8. The number of imidazole rings is 1. The molecule has 188 valence electrons. The van der Waals surface area contributed by atoms with E-state index in [9.17, 15) is 19.1 Å². The normalized spacial score (nSPS) is 15.7. The number of anilines is 1. The molecule has 4 rings (SSSR count). The molecule has 1 amide bonds. The van der Waals surface area contributed by atoms with Gasteiger partial charge < -0.3 is 24.8 Å². The lowest BCUT2D eigenvalue weighted by Gasteiger charge is -2.38. The van der Waals surface area contributed by atoms with Crippen LogP contribution in [0.2, 0.25) is 0 Å². The summed E-state index contributed by atoms with van der Waals surface area (Å²) in [5.74, 6) is -0.974. The van der Waals surface area contributed by atoms with Gasteiger partial charge in [0.2, 0.25) is 10.1 Å². The number of carbonyl (C=O) groups is 2. The number of carboxylic acids is 1. The molecule has 35 heavy (non-hydrogen) atoms. The topological polar surface area (TPSA) is 118 Å². The van der Waals surface area contributed by atoms with Gasteiger partial charge in [-0.1, -0.05) is 11.3 Å². The van der Waals surface area contributed by atoms with Crippen LogP contribution in [0.15, 0.2) is 24.4 Å². The number of carboxylic acid groups (broad SMARTS) is 1. The molecule has 12 heteroatoms. The monoisotopic (exact) mass is 505 g/mol. The van der Waals surface area contributed by atoms with E-state index in [0.29, 0.717) is 53.0 Å². The van der Waals surface area contributed by atoms with E-state index in [1.807, 2.05) is 4.90 Å². The molecule has 3 heterocycles. The summed E-state index contributed by atoms with van der Waals surface area (Å²) >= 11 is 1.38. The third-order valence-electron chi connectivity index (χ3n) is 5.93. The van der Waals surface area contributed by atoms with E-state index in [1.165, 1.54) is 30.6 Å². The molecule has 1 fully saturated rings. The van der Waals surface area contributed by atoms with Crippen LogP contribution in [-0.4, -0.2) is 64.1 Å². The van der Waals surface area contributed by atoms with Gasteiger partial charge in [0, 0.05) is 31.3 Å². The fourth-order valence-corrected chi connectivity index (χ4v) is 4.95. The summed E-state index contributed by atoms with van der Waals surface area (Å²) in [6.07, 6.45) is 1.69. The molecule has 0 spiro atoms. The number of fused-ring (bicyclic) bond motifs is 1. The number of benzene rings is 1. The number of piperidine rings is 1. The van der Waals surface area contributed by atoms with Crippen molar-refractivity contribution < 1.29 is 28.6 Å². The number of nitrogens with one attached hydrogen (secondary N) is 1. The van der Waals surface area contributed by atoms with Crippen molar-refractivity contribution in [3.63, 3.8) is 0 Å². The molecule has 2 N–H and O–H groups in total. The van der Waals surface area contributed by atoms with Crippen LogP contribution in [0.5, 0.6) is 5.75 Å². The summed E-state index contributed by atoms with van der Waals surface area (Å²) < 4.78 is 25.9. The second-order valence-electron chi connectivity index (χ2n) is 9.50. The van der Waals surface area contributed by atoms with Crippen LogP contribution in [0.3, 0.4) is 0 Å². The van der Waals surface area contributed by atoms with Crippen molar-refractivity contribution in [2.24, 2.45) is 5.41 Å². The van der Waals surface area contributed by atoms with Crippen molar-refractivity contribution in [3.8, 4) is 17.0 Å². The number of rotatable bonds is 6. The van der Waals surface area contributed by atoms with Crippen molar-refractivity contribution in [1.29, 1.82) is 0 Å². The van der Waals surface area contributed by atoms with E-state index >= 15 is 0 Å². The Morgan fingerprint density at radius 1 is 1.29 bits per heavy atom. The Morgan fingerprint density at radius 2 is 2.00 bits per heavy atom. The highest BCUT2D eigenvalue weighted by molar-refractivity contribution is 7.20. The number of alkyl carbamates (subject to hydrolysis) is 1. The van der Waals surface area contributed by atoms with E-state index in [0.717, 1.165) is 0 Å². The summed E-state index contributed by atoms with van der Waals surface area (Å²) in [5.41, 5.74) is -0.423. The number of amides is 1. The zero-order valence-corrected chi connectivity index (χ0v) is 20.8. The molecular formula is C23H28FN5O5S. The molecule has 1 saturated heterocycles. The first-order valence-electron chi connectivity index (χ1n) is 11.1. The van der Waals surface area contributed by atoms with Crippen molar-refractivity contribution in [1.82, 2.24) is 19.9 Å². The third kappa shape index (κ3) is 5.16. The maximum atomic E-state index is 13.6. The second-order valence-corrected chi connectivity index (χ2v) is 10.4. The lowest BCUT2D eigenvalue weighted by Crippen LogP contribution is -2.51. The first-order chi connectivity index (χ1) is 16.5. The predicted molar refractivity (Wildman–Crippen MR) is 129 cm³/mol. The van der Waals surface area contributed by atoms with Gasteiger partial charge in [0.05, 0.1) is 24.4 Å². The number of halogens is 1. The van der Waals surface area contributed by atoms with Gasteiger partial charge in [-0.3, -0.25) is 4.79 Å². The molecule has 10 nitrogen and oxygen atoms in total. The van der Waals surface area contributed by atoms with Crippen LogP contribution in [0.25, 0.3) is 16.2 Å². The Hall–Kier alpha value is -3.41. The lowest BCUT2D eigenvalue weighted by molar-refractivity contribution is -0.150. The molecule has 0 radical (unpaired) electrons. The SMILES string of the molecule is COc1cc(F)ccc1-c1cnc2sc(N3CCC(CNC(=O)OC(C)(C)C)(C(=O)O)CC3)nn12. The number of aromatic nitrogens is 3.